The molecule has 1 fully saturated rings. The molecule has 1 N–H and O–H groups in total. The highest BCUT2D eigenvalue weighted by atomic mass is 16.4. The van der Waals surface area contributed by atoms with Gasteiger partial charge in [0.2, 0.25) is 11.8 Å². The van der Waals surface area contributed by atoms with E-state index in [1.807, 2.05) is 7.05 Å². The minimum Gasteiger partial charge on any atom is -0.425 e. The second-order valence-electron chi connectivity index (χ2n) is 5.00. The minimum atomic E-state index is 0.759. The van der Waals surface area contributed by atoms with E-state index in [1.54, 1.807) is 0 Å². The van der Waals surface area contributed by atoms with Crippen LogP contribution in [0.2, 0.25) is 0 Å². The third-order valence-corrected chi connectivity index (χ3v) is 3.54. The Balaban J connectivity index is 1.82. The van der Waals surface area contributed by atoms with Crippen molar-refractivity contribution >= 4 is 0 Å². The predicted octanol–water partition coefficient (Wildman–Crippen LogP) is 2.34. The Kier molecular flexibility index (Phi) is 4.98. The molecule has 17 heavy (non-hydrogen) atoms. The molecule has 0 aromatic carbocycles. The molecule has 0 amide bonds. The molecule has 1 saturated carbocycles. The monoisotopic (exact) mass is 237 g/mol. The van der Waals surface area contributed by atoms with Crippen molar-refractivity contribution in [2.75, 3.05) is 13.6 Å². The summed E-state index contributed by atoms with van der Waals surface area (Å²) in [5.41, 5.74) is 0. The van der Waals surface area contributed by atoms with Crippen molar-refractivity contribution in [3.8, 4) is 0 Å². The average molecular weight is 237 g/mol. The van der Waals surface area contributed by atoms with Crippen molar-refractivity contribution in [1.82, 2.24) is 15.5 Å². The van der Waals surface area contributed by atoms with Gasteiger partial charge in [0.05, 0.1) is 0 Å². The molecule has 0 aliphatic heterocycles. The van der Waals surface area contributed by atoms with Gasteiger partial charge < -0.3 is 9.73 Å². The Morgan fingerprint density at radius 3 is 2.53 bits per heavy atom. The van der Waals surface area contributed by atoms with Crippen LogP contribution in [-0.4, -0.2) is 23.8 Å². The van der Waals surface area contributed by atoms with Gasteiger partial charge in [0.15, 0.2) is 0 Å². The van der Waals surface area contributed by atoms with Crippen LogP contribution < -0.4 is 5.32 Å². The van der Waals surface area contributed by atoms with Gasteiger partial charge >= 0.3 is 0 Å². The summed E-state index contributed by atoms with van der Waals surface area (Å²) in [5.74, 6) is 2.36. The van der Waals surface area contributed by atoms with E-state index in [1.165, 1.54) is 38.5 Å². The highest BCUT2D eigenvalue weighted by Gasteiger charge is 2.16. The molecule has 0 bridgehead atoms. The summed E-state index contributed by atoms with van der Waals surface area (Å²) in [4.78, 5) is 0. The van der Waals surface area contributed by atoms with Crippen LogP contribution in [0, 0.1) is 5.92 Å². The first-order valence-corrected chi connectivity index (χ1v) is 6.84. The summed E-state index contributed by atoms with van der Waals surface area (Å²) in [6.45, 7) is 0.894. The standard InChI is InChI=1S/C13H23N3O/c1-14-9-8-12-15-16-13(17-12)10-11-6-4-2-3-5-7-11/h11,14H,2-10H2,1H3. The Labute approximate surface area is 103 Å². The number of hydrogen-bond donors (Lipinski definition) is 1. The molecule has 0 unspecified atom stereocenters. The maximum absolute atomic E-state index is 5.67. The minimum absolute atomic E-state index is 0.759. The number of aromatic nitrogens is 2. The zero-order valence-electron chi connectivity index (χ0n) is 10.7. The molecular weight excluding hydrogens is 214 g/mol. The van der Waals surface area contributed by atoms with Gasteiger partial charge in [0, 0.05) is 19.4 Å². The van der Waals surface area contributed by atoms with Gasteiger partial charge in [0.25, 0.3) is 0 Å². The van der Waals surface area contributed by atoms with Crippen molar-refractivity contribution < 1.29 is 4.42 Å². The molecule has 0 atom stereocenters. The zero-order valence-corrected chi connectivity index (χ0v) is 10.7. The Hall–Kier alpha value is -0.900. The van der Waals surface area contributed by atoms with Gasteiger partial charge in [-0.15, -0.1) is 10.2 Å². The van der Waals surface area contributed by atoms with E-state index in [9.17, 15) is 0 Å². The topological polar surface area (TPSA) is 51.0 Å². The van der Waals surface area contributed by atoms with Crippen molar-refractivity contribution in [1.29, 1.82) is 0 Å². The van der Waals surface area contributed by atoms with E-state index >= 15 is 0 Å². The lowest BCUT2D eigenvalue weighted by molar-refractivity contribution is 0.379. The molecule has 2 rings (SSSR count). The van der Waals surface area contributed by atoms with E-state index in [2.05, 4.69) is 15.5 Å². The van der Waals surface area contributed by atoms with Crippen LogP contribution in [0.5, 0.6) is 0 Å². The Morgan fingerprint density at radius 1 is 1.12 bits per heavy atom. The average Bonchev–Trinajstić information content (AvgIpc) is 2.61. The SMILES string of the molecule is CNCCc1nnc(CC2CCCCCC2)o1. The largest absolute Gasteiger partial charge is 0.425 e. The maximum atomic E-state index is 5.67. The predicted molar refractivity (Wildman–Crippen MR) is 66.8 cm³/mol. The Morgan fingerprint density at radius 2 is 1.82 bits per heavy atom. The third-order valence-electron chi connectivity index (χ3n) is 3.54. The Bertz CT molecular complexity index is 316. The first-order valence-electron chi connectivity index (χ1n) is 6.84. The van der Waals surface area contributed by atoms with E-state index < -0.39 is 0 Å². The van der Waals surface area contributed by atoms with Gasteiger partial charge in [0.1, 0.15) is 0 Å². The van der Waals surface area contributed by atoms with Crippen molar-refractivity contribution in [3.63, 3.8) is 0 Å². The molecule has 1 aromatic rings. The summed E-state index contributed by atoms with van der Waals surface area (Å²) in [5, 5.41) is 11.3. The molecule has 1 aliphatic carbocycles. The number of likely N-dealkylation sites (N-methyl/N-ethyl adjacent to an activating group) is 1. The summed E-state index contributed by atoms with van der Waals surface area (Å²) >= 11 is 0. The van der Waals surface area contributed by atoms with Gasteiger partial charge in [-0.1, -0.05) is 25.7 Å². The second-order valence-corrected chi connectivity index (χ2v) is 5.00. The summed E-state index contributed by atoms with van der Waals surface area (Å²) in [7, 11) is 1.93. The molecule has 0 saturated heterocycles. The number of rotatable bonds is 5. The number of nitrogens with zero attached hydrogens (tertiary/aromatic N) is 2. The molecule has 4 heteroatoms. The molecular formula is C13H23N3O. The van der Waals surface area contributed by atoms with E-state index in [0.717, 1.165) is 37.1 Å². The highest BCUT2D eigenvalue weighted by molar-refractivity contribution is 4.85. The normalized spacial score (nSPS) is 18.2. The highest BCUT2D eigenvalue weighted by Crippen LogP contribution is 2.25. The lowest BCUT2D eigenvalue weighted by Gasteiger charge is -2.10. The van der Waals surface area contributed by atoms with Crippen molar-refractivity contribution in [2.45, 2.75) is 51.4 Å². The van der Waals surface area contributed by atoms with Gasteiger partial charge in [-0.05, 0) is 25.8 Å². The van der Waals surface area contributed by atoms with Gasteiger partial charge in [-0.2, -0.15) is 0 Å². The van der Waals surface area contributed by atoms with Crippen LogP contribution in [0.25, 0.3) is 0 Å². The summed E-state index contributed by atoms with van der Waals surface area (Å²) < 4.78 is 5.67. The molecule has 0 spiro atoms. The first-order chi connectivity index (χ1) is 8.38. The van der Waals surface area contributed by atoms with Crippen LogP contribution >= 0.6 is 0 Å². The second kappa shape index (κ2) is 6.74. The van der Waals surface area contributed by atoms with Crippen LogP contribution in [0.4, 0.5) is 0 Å². The van der Waals surface area contributed by atoms with Gasteiger partial charge in [-0.25, -0.2) is 0 Å². The van der Waals surface area contributed by atoms with Crippen LogP contribution in [0.15, 0.2) is 4.42 Å². The molecule has 1 aliphatic rings. The molecule has 96 valence electrons. The van der Waals surface area contributed by atoms with Crippen LogP contribution in [-0.2, 0) is 12.8 Å². The van der Waals surface area contributed by atoms with Crippen molar-refractivity contribution in [2.24, 2.45) is 5.92 Å². The van der Waals surface area contributed by atoms with Crippen LogP contribution in [0.3, 0.4) is 0 Å². The smallest absolute Gasteiger partial charge is 0.217 e. The van der Waals surface area contributed by atoms with Crippen molar-refractivity contribution in [3.05, 3.63) is 11.8 Å². The van der Waals surface area contributed by atoms with E-state index in [4.69, 9.17) is 4.42 Å². The van der Waals surface area contributed by atoms with Gasteiger partial charge in [-0.3, -0.25) is 0 Å². The molecule has 0 radical (unpaired) electrons. The molecule has 1 aromatic heterocycles. The van der Waals surface area contributed by atoms with E-state index in [-0.39, 0.29) is 0 Å². The fraction of sp³-hybridized carbons (Fsp3) is 0.846. The summed E-state index contributed by atoms with van der Waals surface area (Å²) in [6.07, 6.45) is 9.99. The first kappa shape index (κ1) is 12.6. The van der Waals surface area contributed by atoms with E-state index in [0.29, 0.717) is 0 Å². The number of nitrogens with one attached hydrogen (secondary N) is 1. The molecule has 4 nitrogen and oxygen atoms in total. The quantitative estimate of drug-likeness (QED) is 0.799. The lowest BCUT2D eigenvalue weighted by atomic mass is 9.97. The zero-order chi connectivity index (χ0) is 11.9. The maximum Gasteiger partial charge on any atom is 0.217 e. The number of hydrogen-bond acceptors (Lipinski definition) is 4. The fourth-order valence-electron chi connectivity index (χ4n) is 2.52. The fourth-order valence-corrected chi connectivity index (χ4v) is 2.52. The summed E-state index contributed by atoms with van der Waals surface area (Å²) in [6, 6.07) is 0. The lowest BCUT2D eigenvalue weighted by Crippen LogP contribution is -2.10. The van der Waals surface area contributed by atoms with Crippen LogP contribution in [0.1, 0.15) is 50.3 Å². The molecule has 1 heterocycles. The third kappa shape index (κ3) is 4.11.